The Bertz CT molecular complexity index is 763. The second-order valence-corrected chi connectivity index (χ2v) is 7.03. The third kappa shape index (κ3) is 5.14. The molecule has 2 N–H and O–H groups in total. The predicted molar refractivity (Wildman–Crippen MR) is 94.1 cm³/mol. The zero-order chi connectivity index (χ0) is 18.6. The Hall–Kier alpha value is -2.69. The van der Waals surface area contributed by atoms with Gasteiger partial charge in [0.25, 0.3) is 5.91 Å². The van der Waals surface area contributed by atoms with Crippen LogP contribution in [0.2, 0.25) is 0 Å². The Kier molecular flexibility index (Phi) is 5.57. The molecule has 4 nitrogen and oxygen atoms in total. The minimum atomic E-state index is -1.16. The molecule has 0 spiro atoms. The van der Waals surface area contributed by atoms with E-state index in [4.69, 9.17) is 0 Å². The fourth-order valence-electron chi connectivity index (χ4n) is 2.46. The maximum Gasteiger partial charge on any atom is 0.326 e. The van der Waals surface area contributed by atoms with Gasteiger partial charge >= 0.3 is 5.97 Å². The molecule has 5 heteroatoms. The molecule has 132 valence electrons. The van der Waals surface area contributed by atoms with E-state index in [1.54, 1.807) is 18.2 Å². The number of halogens is 1. The Morgan fingerprint density at radius 3 is 2.28 bits per heavy atom. The highest BCUT2D eigenvalue weighted by atomic mass is 19.1. The van der Waals surface area contributed by atoms with Crippen molar-refractivity contribution in [1.82, 2.24) is 5.32 Å². The Morgan fingerprint density at radius 1 is 1.12 bits per heavy atom. The summed E-state index contributed by atoms with van der Waals surface area (Å²) < 4.78 is 13.2. The number of benzene rings is 2. The van der Waals surface area contributed by atoms with E-state index in [9.17, 15) is 19.1 Å². The van der Waals surface area contributed by atoms with Crippen molar-refractivity contribution in [2.75, 3.05) is 0 Å². The van der Waals surface area contributed by atoms with Crippen molar-refractivity contribution in [2.24, 2.45) is 0 Å². The lowest BCUT2D eigenvalue weighted by atomic mass is 9.86. The first-order valence-corrected chi connectivity index (χ1v) is 8.05. The van der Waals surface area contributed by atoms with Crippen LogP contribution in [0, 0.1) is 5.82 Å². The lowest BCUT2D eigenvalue weighted by Crippen LogP contribution is -2.42. The Balaban J connectivity index is 2.11. The number of amides is 1. The lowest BCUT2D eigenvalue weighted by molar-refractivity contribution is -0.139. The molecule has 0 bridgehead atoms. The minimum Gasteiger partial charge on any atom is -0.480 e. The average molecular weight is 343 g/mol. The van der Waals surface area contributed by atoms with E-state index in [0.717, 1.165) is 5.56 Å². The van der Waals surface area contributed by atoms with Crippen LogP contribution in [0.1, 0.15) is 42.3 Å². The maximum atomic E-state index is 13.2. The number of carbonyl (C=O) groups excluding carboxylic acids is 1. The molecule has 0 fully saturated rings. The van der Waals surface area contributed by atoms with Crippen molar-refractivity contribution in [3.05, 3.63) is 71.0 Å². The first-order valence-electron chi connectivity index (χ1n) is 8.05. The van der Waals surface area contributed by atoms with E-state index >= 15 is 0 Å². The Labute approximate surface area is 146 Å². The molecular formula is C20H22FNO3. The van der Waals surface area contributed by atoms with E-state index in [-0.39, 0.29) is 11.8 Å². The predicted octanol–water partition coefficient (Wildman–Crippen LogP) is 3.55. The molecule has 0 aliphatic carbocycles. The second-order valence-electron chi connectivity index (χ2n) is 7.03. The smallest absolute Gasteiger partial charge is 0.326 e. The van der Waals surface area contributed by atoms with Crippen LogP contribution in [-0.2, 0) is 16.6 Å². The van der Waals surface area contributed by atoms with E-state index < -0.39 is 23.7 Å². The summed E-state index contributed by atoms with van der Waals surface area (Å²) in [6.45, 7) is 6.21. The topological polar surface area (TPSA) is 66.4 Å². The van der Waals surface area contributed by atoms with E-state index in [1.807, 2.05) is 12.1 Å². The summed E-state index contributed by atoms with van der Waals surface area (Å²) in [6.07, 6.45) is 0.0128. The standard InChI is InChI=1S/C20H22FNO3/c1-20(2,3)15-9-7-14(8-10-15)18(23)22-17(19(24)25)12-13-5-4-6-16(21)11-13/h4-11,17H,12H2,1-3H3,(H,22,23)(H,24,25)/t17-/m1/s1. The molecule has 0 aromatic heterocycles. The van der Waals surface area contributed by atoms with Crippen LogP contribution in [0.3, 0.4) is 0 Å². The quantitative estimate of drug-likeness (QED) is 0.872. The molecule has 0 unspecified atom stereocenters. The molecule has 0 heterocycles. The van der Waals surface area contributed by atoms with Crippen LogP contribution in [0.15, 0.2) is 48.5 Å². The van der Waals surface area contributed by atoms with Crippen molar-refractivity contribution in [3.63, 3.8) is 0 Å². The summed E-state index contributed by atoms with van der Waals surface area (Å²) in [5, 5.41) is 11.8. The molecule has 2 aromatic carbocycles. The highest BCUT2D eigenvalue weighted by Crippen LogP contribution is 2.22. The van der Waals surface area contributed by atoms with E-state index in [2.05, 4.69) is 26.1 Å². The van der Waals surface area contributed by atoms with Gasteiger partial charge in [0, 0.05) is 12.0 Å². The second kappa shape index (κ2) is 7.47. The van der Waals surface area contributed by atoms with Gasteiger partial charge < -0.3 is 10.4 Å². The minimum absolute atomic E-state index is 0.0128. The molecule has 2 aromatic rings. The van der Waals surface area contributed by atoms with Gasteiger partial charge in [-0.2, -0.15) is 0 Å². The lowest BCUT2D eigenvalue weighted by Gasteiger charge is -2.19. The van der Waals surface area contributed by atoms with Gasteiger partial charge in [-0.25, -0.2) is 9.18 Å². The largest absolute Gasteiger partial charge is 0.480 e. The third-order valence-corrected chi connectivity index (χ3v) is 3.95. The van der Waals surface area contributed by atoms with Crippen molar-refractivity contribution in [3.8, 4) is 0 Å². The molecule has 25 heavy (non-hydrogen) atoms. The van der Waals surface area contributed by atoms with Crippen LogP contribution >= 0.6 is 0 Å². The fraction of sp³-hybridized carbons (Fsp3) is 0.300. The first-order chi connectivity index (χ1) is 11.7. The molecular weight excluding hydrogens is 321 g/mol. The zero-order valence-electron chi connectivity index (χ0n) is 14.5. The molecule has 1 atom stereocenters. The number of aliphatic carboxylic acids is 1. The van der Waals surface area contributed by atoms with E-state index in [0.29, 0.717) is 11.1 Å². The zero-order valence-corrected chi connectivity index (χ0v) is 14.5. The summed E-state index contributed by atoms with van der Waals surface area (Å²) in [5.74, 6) is -2.07. The molecule has 0 saturated heterocycles. The monoisotopic (exact) mass is 343 g/mol. The molecule has 0 saturated carbocycles. The van der Waals surface area contributed by atoms with Crippen molar-refractivity contribution in [1.29, 1.82) is 0 Å². The summed E-state index contributed by atoms with van der Waals surface area (Å²) in [5.41, 5.74) is 1.95. The average Bonchev–Trinajstić information content (AvgIpc) is 2.53. The number of carboxylic acids is 1. The molecule has 0 radical (unpaired) electrons. The Morgan fingerprint density at radius 2 is 1.76 bits per heavy atom. The number of nitrogens with one attached hydrogen (secondary N) is 1. The summed E-state index contributed by atoms with van der Waals surface area (Å²) >= 11 is 0. The SMILES string of the molecule is CC(C)(C)c1ccc(C(=O)N[C@H](Cc2cccc(F)c2)C(=O)O)cc1. The summed E-state index contributed by atoms with van der Waals surface area (Å²) in [6, 6.07) is 11.6. The first kappa shape index (κ1) is 18.6. The molecule has 2 rings (SSSR count). The van der Waals surface area contributed by atoms with Gasteiger partial charge in [-0.05, 0) is 40.8 Å². The number of carboxylic acid groups (broad SMARTS) is 1. The molecule has 1 amide bonds. The number of carbonyl (C=O) groups is 2. The number of rotatable bonds is 5. The maximum absolute atomic E-state index is 13.2. The van der Waals surface area contributed by atoms with Crippen LogP contribution in [0.25, 0.3) is 0 Å². The molecule has 0 aliphatic rings. The van der Waals surface area contributed by atoms with Crippen molar-refractivity contribution >= 4 is 11.9 Å². The van der Waals surface area contributed by atoms with Crippen molar-refractivity contribution < 1.29 is 19.1 Å². The van der Waals surface area contributed by atoms with Gasteiger partial charge in [0.15, 0.2) is 0 Å². The van der Waals surface area contributed by atoms with Gasteiger partial charge in [-0.3, -0.25) is 4.79 Å². The highest BCUT2D eigenvalue weighted by Gasteiger charge is 2.22. The number of hydrogen-bond acceptors (Lipinski definition) is 2. The van der Waals surface area contributed by atoms with Gasteiger partial charge in [0.1, 0.15) is 11.9 Å². The van der Waals surface area contributed by atoms with Gasteiger partial charge in [-0.1, -0.05) is 45.0 Å². The fourth-order valence-corrected chi connectivity index (χ4v) is 2.46. The van der Waals surface area contributed by atoms with Crippen molar-refractivity contribution in [2.45, 2.75) is 38.6 Å². The van der Waals surface area contributed by atoms with Gasteiger partial charge in [-0.15, -0.1) is 0 Å². The van der Waals surface area contributed by atoms with Crippen LogP contribution in [-0.4, -0.2) is 23.0 Å². The normalized spacial score (nSPS) is 12.5. The summed E-state index contributed by atoms with van der Waals surface area (Å²) in [7, 11) is 0. The highest BCUT2D eigenvalue weighted by molar-refractivity contribution is 5.96. The van der Waals surface area contributed by atoms with Gasteiger partial charge in [0.2, 0.25) is 0 Å². The third-order valence-electron chi connectivity index (χ3n) is 3.95. The van der Waals surface area contributed by atoms with Crippen LogP contribution in [0.5, 0.6) is 0 Å². The molecule has 0 aliphatic heterocycles. The number of hydrogen-bond donors (Lipinski definition) is 2. The summed E-state index contributed by atoms with van der Waals surface area (Å²) in [4.78, 5) is 23.8. The van der Waals surface area contributed by atoms with Gasteiger partial charge in [0.05, 0.1) is 0 Å². The van der Waals surface area contributed by atoms with Crippen LogP contribution in [0.4, 0.5) is 4.39 Å². The van der Waals surface area contributed by atoms with E-state index in [1.165, 1.54) is 18.2 Å². The van der Waals surface area contributed by atoms with Crippen LogP contribution < -0.4 is 5.32 Å².